The van der Waals surface area contributed by atoms with Crippen molar-refractivity contribution in [3.05, 3.63) is 28.4 Å². The first kappa shape index (κ1) is 13.8. The molecule has 2 aromatic heterocycles. The predicted molar refractivity (Wildman–Crippen MR) is 77.1 cm³/mol. The molecule has 2 rings (SSSR count). The number of nitrogens with one attached hydrogen (secondary N) is 1. The second-order valence-corrected chi connectivity index (χ2v) is 5.29. The van der Waals surface area contributed by atoms with Gasteiger partial charge in [0.1, 0.15) is 16.8 Å². The van der Waals surface area contributed by atoms with Gasteiger partial charge in [0.05, 0.1) is 11.4 Å². The molecule has 2 heterocycles. The van der Waals surface area contributed by atoms with Crippen molar-refractivity contribution in [2.75, 3.05) is 5.32 Å². The third kappa shape index (κ3) is 2.87. The van der Waals surface area contributed by atoms with Crippen molar-refractivity contribution < 1.29 is 0 Å². The Morgan fingerprint density at radius 1 is 1.26 bits per heavy atom. The quantitative estimate of drug-likeness (QED) is 0.876. The van der Waals surface area contributed by atoms with Crippen LogP contribution in [0.15, 0.2) is 6.20 Å². The molecular weight excluding hydrogens is 262 g/mol. The normalized spacial score (nSPS) is 11.1. The lowest BCUT2D eigenvalue weighted by molar-refractivity contribution is 0.756. The molecule has 2 aromatic rings. The lowest BCUT2D eigenvalue weighted by atomic mass is 10.2. The van der Waals surface area contributed by atoms with Gasteiger partial charge in [-0.1, -0.05) is 25.4 Å². The van der Waals surface area contributed by atoms with Crippen LogP contribution < -0.4 is 5.32 Å². The summed E-state index contributed by atoms with van der Waals surface area (Å²) >= 11 is 6.16. The molecule has 0 atom stereocenters. The topological polar surface area (TPSA) is 55.6 Å². The van der Waals surface area contributed by atoms with Crippen molar-refractivity contribution >= 4 is 23.1 Å². The van der Waals surface area contributed by atoms with Gasteiger partial charge < -0.3 is 5.32 Å². The minimum absolute atomic E-state index is 0.230. The van der Waals surface area contributed by atoms with Gasteiger partial charge >= 0.3 is 0 Å². The largest absolute Gasteiger partial charge is 0.337 e. The van der Waals surface area contributed by atoms with Gasteiger partial charge in [-0.3, -0.25) is 4.68 Å². The molecule has 1 N–H and O–H groups in total. The molecule has 0 saturated heterocycles. The number of aryl methyl sites for hydroxylation is 2. The smallest absolute Gasteiger partial charge is 0.138 e. The Hall–Kier alpha value is -1.62. The van der Waals surface area contributed by atoms with Crippen LogP contribution in [0, 0.1) is 13.8 Å². The van der Waals surface area contributed by atoms with Crippen molar-refractivity contribution in [2.45, 2.75) is 33.6 Å². The van der Waals surface area contributed by atoms with Crippen LogP contribution in [0.2, 0.25) is 5.15 Å². The van der Waals surface area contributed by atoms with E-state index in [1.165, 1.54) is 0 Å². The van der Waals surface area contributed by atoms with Gasteiger partial charge in [-0.2, -0.15) is 5.10 Å². The first-order chi connectivity index (χ1) is 8.88. The third-order valence-electron chi connectivity index (χ3n) is 2.89. The Kier molecular flexibility index (Phi) is 3.75. The highest BCUT2D eigenvalue weighted by molar-refractivity contribution is 6.30. The average molecular weight is 280 g/mol. The summed E-state index contributed by atoms with van der Waals surface area (Å²) in [6, 6.07) is 0. The predicted octanol–water partition coefficient (Wildman–Crippen LogP) is 3.35. The van der Waals surface area contributed by atoms with Crippen molar-refractivity contribution in [1.29, 1.82) is 0 Å². The molecule has 0 amide bonds. The van der Waals surface area contributed by atoms with Crippen LogP contribution in [0.1, 0.15) is 36.8 Å². The zero-order valence-electron chi connectivity index (χ0n) is 11.8. The molecule has 5 nitrogen and oxygen atoms in total. The van der Waals surface area contributed by atoms with Crippen LogP contribution in [0.25, 0.3) is 0 Å². The van der Waals surface area contributed by atoms with Gasteiger partial charge in [-0.15, -0.1) is 0 Å². The molecule has 0 aromatic carbocycles. The van der Waals surface area contributed by atoms with E-state index in [-0.39, 0.29) is 5.92 Å². The van der Waals surface area contributed by atoms with E-state index in [1.54, 1.807) is 4.68 Å². The summed E-state index contributed by atoms with van der Waals surface area (Å²) in [7, 11) is 1.89. The Morgan fingerprint density at radius 3 is 2.47 bits per heavy atom. The van der Waals surface area contributed by atoms with Crippen LogP contribution in [0.5, 0.6) is 0 Å². The Morgan fingerprint density at radius 2 is 1.95 bits per heavy atom. The van der Waals surface area contributed by atoms with E-state index in [0.29, 0.717) is 5.15 Å². The summed E-state index contributed by atoms with van der Waals surface area (Å²) in [5.74, 6) is 1.70. The number of anilines is 2. The van der Waals surface area contributed by atoms with Crippen LogP contribution in [0.4, 0.5) is 11.5 Å². The molecule has 0 spiro atoms. The van der Waals surface area contributed by atoms with Crippen molar-refractivity contribution in [1.82, 2.24) is 19.7 Å². The van der Waals surface area contributed by atoms with Crippen LogP contribution >= 0.6 is 11.6 Å². The highest BCUT2D eigenvalue weighted by atomic mass is 35.5. The summed E-state index contributed by atoms with van der Waals surface area (Å²) in [5.41, 5.74) is 2.69. The second kappa shape index (κ2) is 5.17. The summed E-state index contributed by atoms with van der Waals surface area (Å²) in [4.78, 5) is 8.83. The Bertz CT molecular complexity index is 603. The fourth-order valence-corrected chi connectivity index (χ4v) is 1.91. The zero-order valence-corrected chi connectivity index (χ0v) is 12.6. The van der Waals surface area contributed by atoms with Crippen molar-refractivity contribution in [3.63, 3.8) is 0 Å². The number of halogens is 1. The number of aromatic nitrogens is 4. The molecule has 19 heavy (non-hydrogen) atoms. The summed E-state index contributed by atoms with van der Waals surface area (Å²) in [6.07, 6.45) is 1.92. The van der Waals surface area contributed by atoms with Gasteiger partial charge in [0.25, 0.3) is 0 Å². The van der Waals surface area contributed by atoms with E-state index >= 15 is 0 Å². The Balaban J connectivity index is 2.41. The highest BCUT2D eigenvalue weighted by Gasteiger charge is 2.13. The van der Waals surface area contributed by atoms with E-state index in [1.807, 2.05) is 40.9 Å². The maximum Gasteiger partial charge on any atom is 0.138 e. The maximum absolute atomic E-state index is 6.16. The SMILES string of the molecule is Cc1nn(C)cc1Nc1nc(C(C)C)nc(Cl)c1C. The molecule has 0 aliphatic heterocycles. The molecule has 0 unspecified atom stereocenters. The molecule has 0 aliphatic rings. The maximum atomic E-state index is 6.16. The fraction of sp³-hybridized carbons (Fsp3) is 0.462. The van der Waals surface area contributed by atoms with E-state index in [4.69, 9.17) is 11.6 Å². The molecular formula is C13H18ClN5. The highest BCUT2D eigenvalue weighted by Crippen LogP contribution is 2.26. The molecule has 0 radical (unpaired) electrons. The van der Waals surface area contributed by atoms with E-state index in [2.05, 4.69) is 20.4 Å². The molecule has 0 fully saturated rings. The van der Waals surface area contributed by atoms with Gasteiger partial charge in [-0.25, -0.2) is 9.97 Å². The lowest BCUT2D eigenvalue weighted by Crippen LogP contribution is -2.05. The molecule has 0 aliphatic carbocycles. The molecule has 102 valence electrons. The van der Waals surface area contributed by atoms with Crippen molar-refractivity contribution in [2.24, 2.45) is 7.05 Å². The number of hydrogen-bond acceptors (Lipinski definition) is 4. The zero-order chi connectivity index (χ0) is 14.2. The second-order valence-electron chi connectivity index (χ2n) is 4.93. The number of nitrogens with zero attached hydrogens (tertiary/aromatic N) is 4. The van der Waals surface area contributed by atoms with E-state index in [9.17, 15) is 0 Å². The first-order valence-electron chi connectivity index (χ1n) is 6.19. The first-order valence-corrected chi connectivity index (χ1v) is 6.57. The monoisotopic (exact) mass is 279 g/mol. The number of rotatable bonds is 3. The minimum Gasteiger partial charge on any atom is -0.337 e. The minimum atomic E-state index is 0.230. The fourth-order valence-electron chi connectivity index (χ4n) is 1.74. The van der Waals surface area contributed by atoms with Crippen LogP contribution in [-0.4, -0.2) is 19.7 Å². The van der Waals surface area contributed by atoms with Crippen LogP contribution in [-0.2, 0) is 7.05 Å². The standard InChI is InChI=1S/C13H18ClN5/c1-7(2)12-16-11(14)8(3)13(17-12)15-10-6-19(5)18-9(10)4/h6-7H,1-5H3,(H,15,16,17). The van der Waals surface area contributed by atoms with Crippen molar-refractivity contribution in [3.8, 4) is 0 Å². The lowest BCUT2D eigenvalue weighted by Gasteiger charge is -2.12. The molecule has 6 heteroatoms. The molecule has 0 bridgehead atoms. The summed E-state index contributed by atoms with van der Waals surface area (Å²) in [6.45, 7) is 7.94. The Labute approximate surface area is 118 Å². The average Bonchev–Trinajstić information content (AvgIpc) is 2.63. The van der Waals surface area contributed by atoms with Crippen LogP contribution in [0.3, 0.4) is 0 Å². The van der Waals surface area contributed by atoms with Gasteiger partial charge in [-0.05, 0) is 13.8 Å². The summed E-state index contributed by atoms with van der Waals surface area (Å²) in [5, 5.41) is 8.06. The third-order valence-corrected chi connectivity index (χ3v) is 3.25. The number of hydrogen-bond donors (Lipinski definition) is 1. The van der Waals surface area contributed by atoms with Gasteiger partial charge in [0.2, 0.25) is 0 Å². The summed E-state index contributed by atoms with van der Waals surface area (Å²) < 4.78 is 1.76. The van der Waals surface area contributed by atoms with Gasteiger partial charge in [0, 0.05) is 24.7 Å². The van der Waals surface area contributed by atoms with E-state index in [0.717, 1.165) is 28.6 Å². The van der Waals surface area contributed by atoms with Gasteiger partial charge in [0.15, 0.2) is 0 Å². The van der Waals surface area contributed by atoms with E-state index < -0.39 is 0 Å². The molecule has 0 saturated carbocycles.